The number of carboxylic acids is 3. The van der Waals surface area contributed by atoms with Gasteiger partial charge in [0.2, 0.25) is 30.1 Å². The summed E-state index contributed by atoms with van der Waals surface area (Å²) in [6.45, 7) is 3.76. The van der Waals surface area contributed by atoms with Crippen LogP contribution >= 0.6 is 86.9 Å². The van der Waals surface area contributed by atoms with Crippen LogP contribution in [0.4, 0.5) is 25.8 Å². The van der Waals surface area contributed by atoms with Crippen molar-refractivity contribution in [2.45, 2.75) is 59.9 Å². The average molecular weight is 1550 g/mol. The van der Waals surface area contributed by atoms with Crippen molar-refractivity contribution in [2.24, 2.45) is 0 Å². The van der Waals surface area contributed by atoms with Crippen LogP contribution in [0.2, 0.25) is 10.0 Å². The van der Waals surface area contributed by atoms with E-state index in [4.69, 9.17) is 52.7 Å². The van der Waals surface area contributed by atoms with Crippen molar-refractivity contribution in [1.29, 1.82) is 5.26 Å². The molecule has 6 aromatic carbocycles. The SMILES string of the molecule is CCS(=O)(=O)Nc1cc(C#N)cc(COc2c(Br)cc(CCC(=O)O)cc2Br)c1.CCS(=O)(=O)Nc1cc(F)cc(COc2c(Br)cc(CC(=O)O)cc2Br)c1.CCS(=O)(=O)Nc1cc(F)cc(COc2c(Cl)cc(C(=O)NCC(=O)O)cc2Cl)c1. The van der Waals surface area contributed by atoms with Crippen LogP contribution in [0.15, 0.2) is 109 Å². The number of aliphatic carboxylic acids is 3. The number of aryl methyl sites for hydroxylation is 1. The molecular weight excluding hydrogens is 1500 g/mol. The Kier molecular flexibility index (Phi) is 27.8. The molecule has 7 N–H and O–H groups in total. The molecule has 0 aromatic heterocycles. The van der Waals surface area contributed by atoms with Gasteiger partial charge in [-0.15, -0.1) is 0 Å². The Morgan fingerprint density at radius 3 is 1.28 bits per heavy atom. The Labute approximate surface area is 537 Å². The first-order chi connectivity index (χ1) is 40.2. The van der Waals surface area contributed by atoms with E-state index in [1.54, 1.807) is 36.4 Å². The van der Waals surface area contributed by atoms with Gasteiger partial charge in [-0.2, -0.15) is 5.26 Å². The minimum Gasteiger partial charge on any atom is -0.487 e. The second kappa shape index (κ2) is 33.2. The summed E-state index contributed by atoms with van der Waals surface area (Å²) >= 11 is 25.7. The molecule has 0 aliphatic rings. The van der Waals surface area contributed by atoms with Crippen LogP contribution in [0.5, 0.6) is 17.2 Å². The number of sulfonamides is 3. The summed E-state index contributed by atoms with van der Waals surface area (Å²) in [7, 11) is -10.6. The Morgan fingerprint density at radius 1 is 0.523 bits per heavy atom. The number of ether oxygens (including phenoxy) is 3. The van der Waals surface area contributed by atoms with Gasteiger partial charge < -0.3 is 34.8 Å². The van der Waals surface area contributed by atoms with Gasteiger partial charge in [0, 0.05) is 12.0 Å². The Balaban J connectivity index is 0.000000277. The van der Waals surface area contributed by atoms with Crippen LogP contribution < -0.4 is 33.7 Å². The summed E-state index contributed by atoms with van der Waals surface area (Å²) in [5.74, 6) is -4.42. The number of carboxylic acid groups (broad SMARTS) is 3. The van der Waals surface area contributed by atoms with Crippen LogP contribution in [0.1, 0.15) is 70.9 Å². The number of rotatable bonds is 26. The van der Waals surface area contributed by atoms with Crippen molar-refractivity contribution in [3.63, 3.8) is 0 Å². The maximum Gasteiger partial charge on any atom is 0.322 e. The molecule has 0 aliphatic heterocycles. The molecule has 32 heteroatoms. The fourth-order valence-corrected chi connectivity index (χ4v) is 12.4. The highest BCUT2D eigenvalue weighted by Crippen LogP contribution is 2.38. The van der Waals surface area contributed by atoms with Crippen molar-refractivity contribution < 1.29 is 82.7 Å². The number of benzene rings is 6. The van der Waals surface area contributed by atoms with Crippen LogP contribution in [0.3, 0.4) is 0 Å². The lowest BCUT2D eigenvalue weighted by Crippen LogP contribution is -2.29. The lowest BCUT2D eigenvalue weighted by Gasteiger charge is -2.14. The number of halogens is 8. The summed E-state index contributed by atoms with van der Waals surface area (Å²) in [6, 6.07) is 23.4. The third-order valence-corrected chi connectivity index (χ3v) is 17.7. The number of carbonyl (C=O) groups is 4. The van der Waals surface area contributed by atoms with Crippen LogP contribution in [-0.4, -0.2) is 88.2 Å². The smallest absolute Gasteiger partial charge is 0.322 e. The van der Waals surface area contributed by atoms with Crippen molar-refractivity contribution in [2.75, 3.05) is 38.0 Å². The van der Waals surface area contributed by atoms with Gasteiger partial charge in [0.15, 0.2) is 5.75 Å². The van der Waals surface area contributed by atoms with Gasteiger partial charge in [-0.1, -0.05) is 23.2 Å². The standard InChI is InChI=1S/C19H18Br2N2O5S.C18H17Cl2FN2O6S.C17H16Br2FNO5S/c1-2-29(26,27)23-15-6-13(10-22)5-14(7-15)11-28-19-16(20)8-12(9-17(19)21)3-4-18(24)25;1-2-30(27,28)23-13-4-10(3-12(21)7-13)9-29-17-14(19)5-11(6-15(17)20)18(26)22-8-16(24)25;1-2-27(24,25)21-13-4-11(3-12(20)8-13)9-26-17-14(18)5-10(6-15(17)19)7-16(22)23/h5-9,23H,2-4,11H2,1H3,(H,24,25);3-7,23H,2,8-9H2,1H3,(H,22,26)(H,24,25);3-6,8,21H,2,7,9H2,1H3,(H,22,23). The highest BCUT2D eigenvalue weighted by Gasteiger charge is 2.19. The molecule has 1 amide bonds. The highest BCUT2D eigenvalue weighted by molar-refractivity contribution is 9.11. The van der Waals surface area contributed by atoms with Crippen LogP contribution in [0, 0.1) is 23.0 Å². The third-order valence-electron chi connectivity index (χ3n) is 10.9. The fraction of sp³-hybridized carbons (Fsp3) is 0.241. The Bertz CT molecular complexity index is 3840. The molecule has 0 unspecified atom stereocenters. The van der Waals surface area contributed by atoms with E-state index in [2.05, 4.69) is 83.2 Å². The predicted molar refractivity (Wildman–Crippen MR) is 334 cm³/mol. The normalized spacial score (nSPS) is 11.1. The molecule has 0 bridgehead atoms. The molecule has 0 saturated carbocycles. The first-order valence-electron chi connectivity index (χ1n) is 24.6. The van der Waals surface area contributed by atoms with Gasteiger partial charge in [0.05, 0.1) is 80.3 Å². The van der Waals surface area contributed by atoms with Gasteiger partial charge in [-0.05, 0) is 210 Å². The summed E-state index contributed by atoms with van der Waals surface area (Å²) in [5.41, 5.74) is 3.55. The Morgan fingerprint density at radius 2 is 0.907 bits per heavy atom. The number of carbonyl (C=O) groups excluding carboxylic acids is 1. The second-order valence-corrected chi connectivity index (χ2v) is 28.0. The molecule has 0 atom stereocenters. The number of amides is 1. The van der Waals surface area contributed by atoms with Crippen molar-refractivity contribution in [3.05, 3.63) is 170 Å². The number of hydrogen-bond acceptors (Lipinski definition) is 14. The van der Waals surface area contributed by atoms with Crippen molar-refractivity contribution >= 4 is 158 Å². The third kappa shape index (κ3) is 24.5. The second-order valence-electron chi connectivity index (χ2n) is 17.7. The maximum atomic E-state index is 13.8. The summed E-state index contributed by atoms with van der Waals surface area (Å²) in [6.07, 6.45) is 0.275. The summed E-state index contributed by atoms with van der Waals surface area (Å²) in [5, 5.41) is 37.6. The molecule has 0 radical (unpaired) electrons. The molecule has 86 heavy (non-hydrogen) atoms. The van der Waals surface area contributed by atoms with Gasteiger partial charge in [-0.3, -0.25) is 33.3 Å². The number of nitriles is 1. The molecule has 6 rings (SSSR count). The number of anilines is 3. The molecule has 0 saturated heterocycles. The number of nitrogens with zero attached hydrogens (tertiary/aromatic N) is 1. The zero-order valence-electron chi connectivity index (χ0n) is 45.1. The van der Waals surface area contributed by atoms with E-state index >= 15 is 0 Å². The van der Waals surface area contributed by atoms with Crippen LogP contribution in [-0.2, 0) is 77.1 Å². The topological polar surface area (TPSA) is 331 Å². The minimum absolute atomic E-state index is 0.0198. The fourth-order valence-electron chi connectivity index (χ4n) is 6.97. The lowest BCUT2D eigenvalue weighted by molar-refractivity contribution is -0.137. The van der Waals surface area contributed by atoms with Gasteiger partial charge >= 0.3 is 17.9 Å². The van der Waals surface area contributed by atoms with Crippen molar-refractivity contribution in [3.8, 4) is 23.3 Å². The molecule has 0 spiro atoms. The van der Waals surface area contributed by atoms with Crippen molar-refractivity contribution in [1.82, 2.24) is 5.32 Å². The maximum absolute atomic E-state index is 13.8. The predicted octanol–water partition coefficient (Wildman–Crippen LogP) is 12.0. The van der Waals surface area contributed by atoms with E-state index in [0.29, 0.717) is 69.3 Å². The first kappa shape index (κ1) is 72.2. The Hall–Kier alpha value is -6.30. The molecule has 0 aliphatic carbocycles. The van der Waals surface area contributed by atoms with E-state index in [1.807, 2.05) is 6.07 Å². The zero-order valence-corrected chi connectivity index (χ0v) is 55.4. The van der Waals surface area contributed by atoms with E-state index in [-0.39, 0.29) is 82.7 Å². The largest absolute Gasteiger partial charge is 0.487 e. The highest BCUT2D eigenvalue weighted by atomic mass is 79.9. The lowest BCUT2D eigenvalue weighted by atomic mass is 10.1. The van der Waals surface area contributed by atoms with E-state index < -0.39 is 72.1 Å². The first-order valence-corrected chi connectivity index (χ1v) is 33.5. The van der Waals surface area contributed by atoms with E-state index in [1.165, 1.54) is 57.2 Å². The van der Waals surface area contributed by atoms with Gasteiger partial charge in [0.25, 0.3) is 5.91 Å². The van der Waals surface area contributed by atoms with E-state index in [9.17, 15) is 58.5 Å². The number of hydrogen-bond donors (Lipinski definition) is 7. The molecule has 462 valence electrons. The summed E-state index contributed by atoms with van der Waals surface area (Å²) in [4.78, 5) is 44.0. The molecule has 6 aromatic rings. The quantitative estimate of drug-likeness (QED) is 0.0265. The zero-order chi connectivity index (χ0) is 64.3. The molecule has 0 heterocycles. The van der Waals surface area contributed by atoms with Crippen LogP contribution in [0.25, 0.3) is 0 Å². The summed E-state index contributed by atoms with van der Waals surface area (Å²) < 4.78 is 124. The molecule has 21 nitrogen and oxygen atoms in total. The van der Waals surface area contributed by atoms with Gasteiger partial charge in [-0.25, -0.2) is 34.0 Å². The van der Waals surface area contributed by atoms with Gasteiger partial charge in [0.1, 0.15) is 49.5 Å². The number of nitrogens with one attached hydrogen (secondary N) is 4. The average Bonchev–Trinajstić information content (AvgIpc) is 2.31. The minimum atomic E-state index is -3.58. The monoisotopic (exact) mass is 1540 g/mol. The molecular formula is C54H51Br4Cl2F2N5O16S3. The molecule has 0 fully saturated rings. The van der Waals surface area contributed by atoms with E-state index in [0.717, 1.165) is 23.8 Å².